The molecule has 0 saturated heterocycles. The molecule has 1 unspecified atom stereocenters. The third-order valence-corrected chi connectivity index (χ3v) is 1.60. The molecule has 0 radical (unpaired) electrons. The Balaban J connectivity index is 2.83. The molecule has 1 aliphatic heterocycles. The third-order valence-electron chi connectivity index (χ3n) is 1.60. The van der Waals surface area contributed by atoms with Crippen molar-refractivity contribution in [3.05, 3.63) is 23.8 Å². The van der Waals surface area contributed by atoms with Gasteiger partial charge in [-0.15, -0.1) is 0 Å². The molecule has 0 N–H and O–H groups in total. The second-order valence-electron chi connectivity index (χ2n) is 2.54. The lowest BCUT2D eigenvalue weighted by Gasteiger charge is -2.05. The predicted molar refractivity (Wildman–Crippen MR) is 48.1 cm³/mol. The Morgan fingerprint density at radius 2 is 2.08 bits per heavy atom. The van der Waals surface area contributed by atoms with E-state index >= 15 is 0 Å². The number of rotatable bonds is 1. The highest BCUT2D eigenvalue weighted by molar-refractivity contribution is 5.88. The molecule has 1 aliphatic rings. The standard InChI is InChI=1S/C9H13NO2/c1-7-4-5-8(11-2)10-9(6-7)12-3/h4-6,9H,1-3H3. The largest absolute Gasteiger partial charge is 0.481 e. The molecule has 0 aromatic carbocycles. The van der Waals surface area contributed by atoms with Gasteiger partial charge in [0, 0.05) is 13.2 Å². The Morgan fingerprint density at radius 1 is 1.33 bits per heavy atom. The summed E-state index contributed by atoms with van der Waals surface area (Å²) >= 11 is 0. The fourth-order valence-electron chi connectivity index (χ4n) is 0.930. The van der Waals surface area contributed by atoms with E-state index in [0.29, 0.717) is 5.90 Å². The Bertz CT molecular complexity index is 241. The van der Waals surface area contributed by atoms with E-state index in [1.54, 1.807) is 14.2 Å². The van der Waals surface area contributed by atoms with Crippen LogP contribution in [0.15, 0.2) is 28.8 Å². The van der Waals surface area contributed by atoms with Crippen molar-refractivity contribution in [3.63, 3.8) is 0 Å². The average molecular weight is 167 g/mol. The van der Waals surface area contributed by atoms with E-state index in [1.165, 1.54) is 0 Å². The van der Waals surface area contributed by atoms with E-state index in [-0.39, 0.29) is 6.23 Å². The van der Waals surface area contributed by atoms with Gasteiger partial charge >= 0.3 is 0 Å². The van der Waals surface area contributed by atoms with E-state index < -0.39 is 0 Å². The van der Waals surface area contributed by atoms with Crippen LogP contribution < -0.4 is 0 Å². The van der Waals surface area contributed by atoms with Gasteiger partial charge in [0.2, 0.25) is 5.90 Å². The molecule has 66 valence electrons. The molecule has 1 heterocycles. The summed E-state index contributed by atoms with van der Waals surface area (Å²) in [6.45, 7) is 2.00. The first kappa shape index (κ1) is 9.00. The zero-order valence-electron chi connectivity index (χ0n) is 7.57. The van der Waals surface area contributed by atoms with Crippen LogP contribution in [-0.2, 0) is 9.47 Å². The van der Waals surface area contributed by atoms with E-state index in [9.17, 15) is 0 Å². The van der Waals surface area contributed by atoms with Crippen molar-refractivity contribution in [3.8, 4) is 0 Å². The van der Waals surface area contributed by atoms with Gasteiger partial charge in [0.1, 0.15) is 0 Å². The highest BCUT2D eigenvalue weighted by atomic mass is 16.5. The molecular formula is C9H13NO2. The van der Waals surface area contributed by atoms with Crippen LogP contribution >= 0.6 is 0 Å². The first-order valence-electron chi connectivity index (χ1n) is 3.77. The van der Waals surface area contributed by atoms with Crippen molar-refractivity contribution in [1.82, 2.24) is 0 Å². The lowest BCUT2D eigenvalue weighted by atomic mass is 10.2. The number of allylic oxidation sites excluding steroid dienone is 2. The number of hydrogen-bond acceptors (Lipinski definition) is 3. The molecule has 0 aromatic rings. The molecule has 12 heavy (non-hydrogen) atoms. The van der Waals surface area contributed by atoms with E-state index in [4.69, 9.17) is 9.47 Å². The van der Waals surface area contributed by atoms with E-state index in [0.717, 1.165) is 5.57 Å². The van der Waals surface area contributed by atoms with Gasteiger partial charge < -0.3 is 9.47 Å². The number of ether oxygens (including phenoxy) is 2. The topological polar surface area (TPSA) is 30.8 Å². The summed E-state index contributed by atoms with van der Waals surface area (Å²) in [6.07, 6.45) is 5.48. The van der Waals surface area contributed by atoms with Crippen LogP contribution in [0.4, 0.5) is 0 Å². The number of aliphatic imine (C=N–C) groups is 1. The summed E-state index contributed by atoms with van der Waals surface area (Å²) in [5.74, 6) is 0.593. The average Bonchev–Trinajstić information content (AvgIpc) is 2.26. The van der Waals surface area contributed by atoms with E-state index in [2.05, 4.69) is 4.99 Å². The van der Waals surface area contributed by atoms with Gasteiger partial charge in [-0.2, -0.15) is 0 Å². The normalized spacial score (nSPS) is 22.8. The highest BCUT2D eigenvalue weighted by Crippen LogP contribution is 2.07. The fourth-order valence-corrected chi connectivity index (χ4v) is 0.930. The Morgan fingerprint density at radius 3 is 2.67 bits per heavy atom. The molecule has 3 nitrogen and oxygen atoms in total. The summed E-state index contributed by atoms with van der Waals surface area (Å²) in [5, 5.41) is 0. The van der Waals surface area contributed by atoms with Gasteiger partial charge in [0.15, 0.2) is 6.23 Å². The van der Waals surface area contributed by atoms with Crippen molar-refractivity contribution in [2.24, 2.45) is 4.99 Å². The van der Waals surface area contributed by atoms with Crippen LogP contribution in [0, 0.1) is 0 Å². The van der Waals surface area contributed by atoms with Crippen molar-refractivity contribution < 1.29 is 9.47 Å². The molecule has 0 saturated carbocycles. The van der Waals surface area contributed by atoms with Gasteiger partial charge in [-0.3, -0.25) is 0 Å². The minimum absolute atomic E-state index is 0.227. The first-order chi connectivity index (χ1) is 5.76. The van der Waals surface area contributed by atoms with Crippen LogP contribution in [0.2, 0.25) is 0 Å². The fraction of sp³-hybridized carbons (Fsp3) is 0.444. The van der Waals surface area contributed by atoms with Crippen LogP contribution in [0.25, 0.3) is 0 Å². The maximum atomic E-state index is 5.09. The molecule has 0 fully saturated rings. The summed E-state index contributed by atoms with van der Waals surface area (Å²) < 4.78 is 10.1. The zero-order valence-corrected chi connectivity index (χ0v) is 7.57. The summed E-state index contributed by atoms with van der Waals surface area (Å²) in [7, 11) is 3.22. The van der Waals surface area contributed by atoms with Gasteiger partial charge in [-0.1, -0.05) is 11.6 Å². The van der Waals surface area contributed by atoms with Crippen molar-refractivity contribution in [2.45, 2.75) is 13.2 Å². The molecule has 3 heteroatoms. The van der Waals surface area contributed by atoms with Gasteiger partial charge in [-0.25, -0.2) is 4.99 Å². The molecule has 0 aliphatic carbocycles. The van der Waals surface area contributed by atoms with Gasteiger partial charge in [0.05, 0.1) is 7.11 Å². The lowest BCUT2D eigenvalue weighted by molar-refractivity contribution is 0.146. The molecule has 1 rings (SSSR count). The Kier molecular flexibility index (Phi) is 3.05. The lowest BCUT2D eigenvalue weighted by Crippen LogP contribution is -2.07. The molecule has 0 aromatic heterocycles. The monoisotopic (exact) mass is 167 g/mol. The second-order valence-corrected chi connectivity index (χ2v) is 2.54. The Hall–Kier alpha value is -1.09. The first-order valence-corrected chi connectivity index (χ1v) is 3.77. The van der Waals surface area contributed by atoms with Crippen LogP contribution in [0.1, 0.15) is 6.92 Å². The van der Waals surface area contributed by atoms with Crippen LogP contribution in [-0.4, -0.2) is 26.3 Å². The molecule has 0 amide bonds. The smallest absolute Gasteiger partial charge is 0.211 e. The van der Waals surface area contributed by atoms with Gasteiger partial charge in [0.25, 0.3) is 0 Å². The predicted octanol–water partition coefficient (Wildman–Crippen LogP) is 1.52. The molecule has 1 atom stereocenters. The van der Waals surface area contributed by atoms with Crippen LogP contribution in [0.3, 0.4) is 0 Å². The molecular weight excluding hydrogens is 154 g/mol. The van der Waals surface area contributed by atoms with Crippen molar-refractivity contribution >= 4 is 5.90 Å². The number of nitrogens with zero attached hydrogens (tertiary/aromatic N) is 1. The van der Waals surface area contributed by atoms with Gasteiger partial charge in [-0.05, 0) is 13.0 Å². The minimum Gasteiger partial charge on any atom is -0.481 e. The number of hydrogen-bond donors (Lipinski definition) is 0. The second kappa shape index (κ2) is 4.07. The maximum Gasteiger partial charge on any atom is 0.211 e. The zero-order chi connectivity index (χ0) is 8.97. The summed E-state index contributed by atoms with van der Waals surface area (Å²) in [5.41, 5.74) is 1.12. The van der Waals surface area contributed by atoms with Crippen molar-refractivity contribution in [1.29, 1.82) is 0 Å². The molecule has 0 bridgehead atoms. The summed E-state index contributed by atoms with van der Waals surface area (Å²) in [6, 6.07) is 0. The third kappa shape index (κ3) is 2.20. The minimum atomic E-state index is -0.227. The Labute approximate surface area is 72.4 Å². The number of methoxy groups -OCH3 is 2. The van der Waals surface area contributed by atoms with E-state index in [1.807, 2.05) is 25.2 Å². The van der Waals surface area contributed by atoms with Crippen molar-refractivity contribution in [2.75, 3.05) is 14.2 Å². The summed E-state index contributed by atoms with van der Waals surface area (Å²) in [4.78, 5) is 4.17. The molecule has 0 spiro atoms. The highest BCUT2D eigenvalue weighted by Gasteiger charge is 2.05. The maximum absolute atomic E-state index is 5.09. The quantitative estimate of drug-likeness (QED) is 0.592. The SMILES string of the molecule is COC1=NC(OC)C=C(C)C=C1. The van der Waals surface area contributed by atoms with Crippen LogP contribution in [0.5, 0.6) is 0 Å².